The number of esters is 1. The molecule has 0 amide bonds. The summed E-state index contributed by atoms with van der Waals surface area (Å²) < 4.78 is 34.7. The molecule has 0 atom stereocenters. The maximum atomic E-state index is 12.5. The third-order valence-electron chi connectivity index (χ3n) is 4.69. The average molecular weight is 426 g/mol. The summed E-state index contributed by atoms with van der Waals surface area (Å²) in [5.41, 5.74) is 1.17. The SMILES string of the molecule is CC1(C)OC(=O)C(Oc2ccc(CCCC#N)cn2)=C1c1ccc(S(C)(=O)=O)cc1. The van der Waals surface area contributed by atoms with Gasteiger partial charge in [-0.05, 0) is 49.9 Å². The van der Waals surface area contributed by atoms with Crippen LogP contribution >= 0.6 is 0 Å². The number of carbonyl (C=O) groups is 1. The molecule has 2 aromatic rings. The number of pyridine rings is 1. The number of ether oxygens (including phenoxy) is 2. The van der Waals surface area contributed by atoms with Crippen LogP contribution in [0.5, 0.6) is 5.88 Å². The van der Waals surface area contributed by atoms with E-state index in [2.05, 4.69) is 11.1 Å². The molecular formula is C22H22N2O5S. The fourth-order valence-corrected chi connectivity index (χ4v) is 3.87. The first-order valence-corrected chi connectivity index (χ1v) is 11.3. The third kappa shape index (κ3) is 4.69. The van der Waals surface area contributed by atoms with Crippen molar-refractivity contribution in [2.24, 2.45) is 0 Å². The Balaban J connectivity index is 1.92. The van der Waals surface area contributed by atoms with E-state index >= 15 is 0 Å². The zero-order chi connectivity index (χ0) is 21.9. The number of hydrogen-bond acceptors (Lipinski definition) is 7. The van der Waals surface area contributed by atoms with E-state index in [0.29, 0.717) is 17.6 Å². The largest absolute Gasteiger partial charge is 0.449 e. The Morgan fingerprint density at radius 3 is 2.43 bits per heavy atom. The summed E-state index contributed by atoms with van der Waals surface area (Å²) in [5, 5.41) is 8.62. The summed E-state index contributed by atoms with van der Waals surface area (Å²) in [6.45, 7) is 3.49. The highest BCUT2D eigenvalue weighted by molar-refractivity contribution is 7.90. The molecule has 0 saturated carbocycles. The summed E-state index contributed by atoms with van der Waals surface area (Å²) in [7, 11) is -3.33. The maximum absolute atomic E-state index is 12.5. The molecule has 1 aromatic heterocycles. The lowest BCUT2D eigenvalue weighted by Crippen LogP contribution is -2.22. The molecule has 0 radical (unpaired) electrons. The van der Waals surface area contributed by atoms with E-state index in [4.69, 9.17) is 14.7 Å². The van der Waals surface area contributed by atoms with E-state index in [0.717, 1.165) is 24.7 Å². The maximum Gasteiger partial charge on any atom is 0.375 e. The number of carbonyl (C=O) groups excluding carboxylic acids is 1. The molecule has 156 valence electrons. The average Bonchev–Trinajstić information content (AvgIpc) is 2.90. The highest BCUT2D eigenvalue weighted by Crippen LogP contribution is 2.40. The Morgan fingerprint density at radius 1 is 1.17 bits per heavy atom. The number of unbranched alkanes of at least 4 members (excludes halogenated alkanes) is 1. The smallest absolute Gasteiger partial charge is 0.375 e. The molecule has 0 saturated heterocycles. The van der Waals surface area contributed by atoms with Crippen LogP contribution < -0.4 is 4.74 Å². The molecule has 1 aromatic carbocycles. The zero-order valence-electron chi connectivity index (χ0n) is 17.0. The number of sulfone groups is 1. The van der Waals surface area contributed by atoms with Crippen LogP contribution in [0.15, 0.2) is 53.2 Å². The molecule has 0 bridgehead atoms. The van der Waals surface area contributed by atoms with Crippen molar-refractivity contribution in [3.05, 3.63) is 59.5 Å². The van der Waals surface area contributed by atoms with Gasteiger partial charge in [0.2, 0.25) is 11.6 Å². The van der Waals surface area contributed by atoms with Gasteiger partial charge in [0, 0.05) is 24.9 Å². The van der Waals surface area contributed by atoms with E-state index in [-0.39, 0.29) is 16.5 Å². The Labute approximate surface area is 175 Å². The van der Waals surface area contributed by atoms with Crippen LogP contribution in [0.25, 0.3) is 5.57 Å². The first kappa shape index (κ1) is 21.5. The summed E-state index contributed by atoms with van der Waals surface area (Å²) in [5.74, 6) is -0.340. The lowest BCUT2D eigenvalue weighted by Gasteiger charge is -2.21. The molecular weight excluding hydrogens is 404 g/mol. The Morgan fingerprint density at radius 2 is 1.87 bits per heavy atom. The van der Waals surface area contributed by atoms with Gasteiger partial charge in [0.15, 0.2) is 9.84 Å². The molecule has 0 spiro atoms. The monoisotopic (exact) mass is 426 g/mol. The molecule has 2 heterocycles. The summed E-state index contributed by atoms with van der Waals surface area (Å²) >= 11 is 0. The van der Waals surface area contributed by atoms with Crippen LogP contribution in [-0.2, 0) is 25.8 Å². The van der Waals surface area contributed by atoms with Crippen molar-refractivity contribution in [3.63, 3.8) is 0 Å². The van der Waals surface area contributed by atoms with Gasteiger partial charge in [-0.1, -0.05) is 18.2 Å². The van der Waals surface area contributed by atoms with E-state index in [9.17, 15) is 13.2 Å². The second-order valence-electron chi connectivity index (χ2n) is 7.52. The van der Waals surface area contributed by atoms with Crippen molar-refractivity contribution in [1.82, 2.24) is 4.98 Å². The van der Waals surface area contributed by atoms with E-state index in [1.165, 1.54) is 12.1 Å². The number of cyclic esters (lactones) is 1. The van der Waals surface area contributed by atoms with E-state index in [1.807, 2.05) is 6.07 Å². The van der Waals surface area contributed by atoms with Crippen LogP contribution in [0.2, 0.25) is 0 Å². The number of nitrogens with zero attached hydrogens (tertiary/aromatic N) is 2. The number of aryl methyl sites for hydroxylation is 1. The molecule has 0 aliphatic carbocycles. The lowest BCUT2D eigenvalue weighted by molar-refractivity contribution is -0.145. The quantitative estimate of drug-likeness (QED) is 0.493. The van der Waals surface area contributed by atoms with Crippen LogP contribution in [0.4, 0.5) is 0 Å². The highest BCUT2D eigenvalue weighted by Gasteiger charge is 2.43. The molecule has 1 aliphatic heterocycles. The minimum atomic E-state index is -3.33. The fourth-order valence-electron chi connectivity index (χ4n) is 3.24. The van der Waals surface area contributed by atoms with Crippen LogP contribution in [0.1, 0.15) is 37.8 Å². The zero-order valence-corrected chi connectivity index (χ0v) is 17.8. The van der Waals surface area contributed by atoms with Gasteiger partial charge >= 0.3 is 5.97 Å². The molecule has 8 heteroatoms. The predicted octanol–water partition coefficient (Wildman–Crippen LogP) is 3.46. The second-order valence-corrected chi connectivity index (χ2v) is 9.53. The number of benzene rings is 1. The third-order valence-corrected chi connectivity index (χ3v) is 5.82. The Kier molecular flexibility index (Phi) is 5.94. The minimum Gasteiger partial charge on any atom is -0.449 e. The van der Waals surface area contributed by atoms with E-state index in [1.54, 1.807) is 38.2 Å². The van der Waals surface area contributed by atoms with Gasteiger partial charge in [0.1, 0.15) is 5.60 Å². The number of nitriles is 1. The van der Waals surface area contributed by atoms with Crippen molar-refractivity contribution in [3.8, 4) is 11.9 Å². The van der Waals surface area contributed by atoms with Crippen LogP contribution in [0, 0.1) is 11.3 Å². The minimum absolute atomic E-state index is 0.0248. The van der Waals surface area contributed by atoms with Gasteiger partial charge in [-0.2, -0.15) is 5.26 Å². The first-order chi connectivity index (χ1) is 14.1. The number of aromatic nitrogens is 1. The lowest BCUT2D eigenvalue weighted by atomic mass is 9.92. The molecule has 1 aliphatic rings. The van der Waals surface area contributed by atoms with Crippen molar-refractivity contribution in [2.45, 2.75) is 43.6 Å². The van der Waals surface area contributed by atoms with Crippen molar-refractivity contribution >= 4 is 21.4 Å². The van der Waals surface area contributed by atoms with Crippen LogP contribution in [-0.4, -0.2) is 31.2 Å². The number of rotatable bonds is 7. The number of hydrogen-bond donors (Lipinski definition) is 0. The Hall–Kier alpha value is -3.18. The second kappa shape index (κ2) is 8.28. The van der Waals surface area contributed by atoms with Gasteiger partial charge in [-0.15, -0.1) is 0 Å². The Bertz CT molecular complexity index is 1130. The summed E-state index contributed by atoms with van der Waals surface area (Å²) in [6, 6.07) is 11.8. The van der Waals surface area contributed by atoms with Gasteiger partial charge < -0.3 is 9.47 Å². The topological polar surface area (TPSA) is 106 Å². The fraction of sp³-hybridized carbons (Fsp3) is 0.318. The van der Waals surface area contributed by atoms with E-state index < -0.39 is 21.4 Å². The van der Waals surface area contributed by atoms with Gasteiger partial charge in [0.25, 0.3) is 0 Å². The molecule has 0 N–H and O–H groups in total. The van der Waals surface area contributed by atoms with Crippen LogP contribution in [0.3, 0.4) is 0 Å². The molecule has 7 nitrogen and oxygen atoms in total. The normalized spacial score (nSPS) is 15.6. The highest BCUT2D eigenvalue weighted by atomic mass is 32.2. The standard InChI is InChI=1S/C22H22N2O5S/c1-22(2)19(16-8-10-17(11-9-16)30(3,26)27)20(21(25)29-22)28-18-12-7-15(14-24-18)6-4-5-13-23/h7-12,14H,4-6H2,1-3H3. The van der Waals surface area contributed by atoms with Gasteiger partial charge in [0.05, 0.1) is 16.5 Å². The molecule has 0 unspecified atom stereocenters. The van der Waals surface area contributed by atoms with Crippen molar-refractivity contribution < 1.29 is 22.7 Å². The van der Waals surface area contributed by atoms with Gasteiger partial charge in [-0.3, -0.25) is 0 Å². The first-order valence-electron chi connectivity index (χ1n) is 9.40. The summed E-state index contributed by atoms with van der Waals surface area (Å²) in [4.78, 5) is 16.9. The predicted molar refractivity (Wildman–Crippen MR) is 110 cm³/mol. The molecule has 0 fully saturated rings. The molecule has 30 heavy (non-hydrogen) atoms. The van der Waals surface area contributed by atoms with Crippen molar-refractivity contribution in [2.75, 3.05) is 6.26 Å². The summed E-state index contributed by atoms with van der Waals surface area (Å²) in [6.07, 6.45) is 4.75. The van der Waals surface area contributed by atoms with Crippen molar-refractivity contribution in [1.29, 1.82) is 5.26 Å². The van der Waals surface area contributed by atoms with Gasteiger partial charge in [-0.25, -0.2) is 18.2 Å². The molecule has 3 rings (SSSR count).